The summed E-state index contributed by atoms with van der Waals surface area (Å²) in [5.41, 5.74) is 3.99. The molecule has 7 heteroatoms. The van der Waals surface area contributed by atoms with Gasteiger partial charge in [-0.05, 0) is 24.6 Å². The quantitative estimate of drug-likeness (QED) is 0.242. The topological polar surface area (TPSA) is 65.7 Å². The van der Waals surface area contributed by atoms with Crippen molar-refractivity contribution in [3.8, 4) is 17.1 Å². The molecular formula is C28H23N3O3S. The van der Waals surface area contributed by atoms with Gasteiger partial charge in [-0.25, -0.2) is 14.8 Å². The number of imidazole rings is 1. The summed E-state index contributed by atoms with van der Waals surface area (Å²) < 4.78 is 12.6. The lowest BCUT2D eigenvalue weighted by atomic mass is 10.1. The van der Waals surface area contributed by atoms with Gasteiger partial charge in [-0.2, -0.15) is 0 Å². The summed E-state index contributed by atoms with van der Waals surface area (Å²) in [6, 6.07) is 29.9. The van der Waals surface area contributed by atoms with Gasteiger partial charge in [0.05, 0.1) is 12.3 Å². The van der Waals surface area contributed by atoms with Crippen LogP contribution in [0.4, 0.5) is 4.79 Å². The first-order valence-corrected chi connectivity index (χ1v) is 12.1. The van der Waals surface area contributed by atoms with Crippen molar-refractivity contribution in [2.24, 2.45) is 0 Å². The zero-order valence-electron chi connectivity index (χ0n) is 19.1. The van der Waals surface area contributed by atoms with Crippen LogP contribution < -0.4 is 4.74 Å². The molecule has 0 aliphatic heterocycles. The first-order valence-electron chi connectivity index (χ1n) is 11.3. The average molecular weight is 482 g/mol. The summed E-state index contributed by atoms with van der Waals surface area (Å²) in [6.07, 6.45) is 1.59. The van der Waals surface area contributed by atoms with Gasteiger partial charge >= 0.3 is 6.16 Å². The van der Waals surface area contributed by atoms with Crippen molar-refractivity contribution in [1.82, 2.24) is 14.4 Å². The van der Waals surface area contributed by atoms with E-state index in [0.717, 1.165) is 21.7 Å². The molecule has 0 saturated carbocycles. The van der Waals surface area contributed by atoms with E-state index in [2.05, 4.69) is 0 Å². The van der Waals surface area contributed by atoms with Crippen LogP contribution in [-0.4, -0.2) is 27.1 Å². The number of ether oxygens (including phenoxy) is 2. The average Bonchev–Trinajstić information content (AvgIpc) is 3.23. The van der Waals surface area contributed by atoms with Gasteiger partial charge in [0.25, 0.3) is 0 Å². The third-order valence-corrected chi connectivity index (χ3v) is 6.26. The normalized spacial score (nSPS) is 10.9. The highest BCUT2D eigenvalue weighted by Crippen LogP contribution is 2.35. The van der Waals surface area contributed by atoms with E-state index >= 15 is 0 Å². The molecule has 6 nitrogen and oxygen atoms in total. The summed E-state index contributed by atoms with van der Waals surface area (Å²) in [5.74, 6) is 0.330. The van der Waals surface area contributed by atoms with Gasteiger partial charge in [-0.1, -0.05) is 90.6 Å². The van der Waals surface area contributed by atoms with Crippen molar-refractivity contribution in [1.29, 1.82) is 0 Å². The van der Waals surface area contributed by atoms with Crippen LogP contribution in [0.15, 0.2) is 107 Å². The lowest BCUT2D eigenvalue weighted by Gasteiger charge is -2.10. The SMILES string of the molecule is CCOC(=O)Oc1c(Cc2ccccc2)nc2c(Sc3ccccc3)nc(-c3ccccc3)cn12. The summed E-state index contributed by atoms with van der Waals surface area (Å²) in [6.45, 7) is 1.96. The van der Waals surface area contributed by atoms with Gasteiger partial charge in [-0.3, -0.25) is 4.40 Å². The third-order valence-electron chi connectivity index (χ3n) is 5.28. The molecule has 0 aliphatic rings. The maximum absolute atomic E-state index is 12.4. The molecule has 5 aromatic rings. The number of benzene rings is 3. The maximum atomic E-state index is 12.4. The smallest absolute Gasteiger partial charge is 0.434 e. The van der Waals surface area contributed by atoms with Crippen molar-refractivity contribution in [2.45, 2.75) is 23.3 Å². The molecule has 35 heavy (non-hydrogen) atoms. The van der Waals surface area contributed by atoms with Gasteiger partial charge in [0.15, 0.2) is 5.65 Å². The first kappa shape index (κ1) is 22.7. The minimum absolute atomic E-state index is 0.218. The van der Waals surface area contributed by atoms with E-state index in [0.29, 0.717) is 28.7 Å². The number of hydrogen-bond donors (Lipinski definition) is 0. The largest absolute Gasteiger partial charge is 0.515 e. The standard InChI is InChI=1S/C28H23N3O3S/c1-2-33-28(32)34-27-23(18-20-12-6-3-7-13-20)29-25-26(35-22-16-10-5-11-17-22)30-24(19-31(25)27)21-14-8-4-9-15-21/h3-17,19H,2,18H2,1H3. The monoisotopic (exact) mass is 481 g/mol. The maximum Gasteiger partial charge on any atom is 0.515 e. The Hall–Kier alpha value is -4.10. The number of carbonyl (C=O) groups is 1. The van der Waals surface area contributed by atoms with E-state index in [4.69, 9.17) is 19.4 Å². The van der Waals surface area contributed by atoms with Crippen molar-refractivity contribution < 1.29 is 14.3 Å². The van der Waals surface area contributed by atoms with Crippen LogP contribution in [0.1, 0.15) is 18.2 Å². The Kier molecular flexibility index (Phi) is 6.77. The van der Waals surface area contributed by atoms with Crippen molar-refractivity contribution in [2.75, 3.05) is 6.61 Å². The van der Waals surface area contributed by atoms with Crippen LogP contribution in [0.25, 0.3) is 16.9 Å². The van der Waals surface area contributed by atoms with Crippen LogP contribution in [0.5, 0.6) is 5.88 Å². The van der Waals surface area contributed by atoms with Gasteiger partial charge in [0.2, 0.25) is 5.88 Å². The van der Waals surface area contributed by atoms with Crippen molar-refractivity contribution in [3.63, 3.8) is 0 Å². The second kappa shape index (κ2) is 10.4. The Morgan fingerprint density at radius 3 is 2.23 bits per heavy atom. The number of fused-ring (bicyclic) bond motifs is 1. The molecule has 0 spiro atoms. The molecule has 0 fully saturated rings. The highest BCUT2D eigenvalue weighted by molar-refractivity contribution is 7.99. The minimum atomic E-state index is -0.765. The minimum Gasteiger partial charge on any atom is -0.434 e. The molecule has 3 aromatic carbocycles. The first-order chi connectivity index (χ1) is 17.2. The summed E-state index contributed by atoms with van der Waals surface area (Å²) in [4.78, 5) is 23.3. The molecule has 0 amide bonds. The van der Waals surface area contributed by atoms with Gasteiger partial charge in [-0.15, -0.1) is 0 Å². The Morgan fingerprint density at radius 2 is 1.54 bits per heavy atom. The van der Waals surface area contributed by atoms with E-state index in [1.165, 1.54) is 11.8 Å². The molecule has 0 N–H and O–H groups in total. The molecule has 0 unspecified atom stereocenters. The lowest BCUT2D eigenvalue weighted by molar-refractivity contribution is 0.102. The van der Waals surface area contributed by atoms with E-state index in [1.807, 2.05) is 97.2 Å². The summed E-state index contributed by atoms with van der Waals surface area (Å²) >= 11 is 1.52. The van der Waals surface area contributed by atoms with E-state index in [1.54, 1.807) is 11.3 Å². The molecule has 0 atom stereocenters. The van der Waals surface area contributed by atoms with Crippen LogP contribution in [0, 0.1) is 0 Å². The van der Waals surface area contributed by atoms with Gasteiger partial charge < -0.3 is 9.47 Å². The predicted octanol–water partition coefficient (Wildman–Crippen LogP) is 6.67. The Morgan fingerprint density at radius 1 is 0.886 bits per heavy atom. The lowest BCUT2D eigenvalue weighted by Crippen LogP contribution is -2.12. The van der Waals surface area contributed by atoms with Crippen LogP contribution in [0.3, 0.4) is 0 Å². The molecule has 2 heterocycles. The van der Waals surface area contributed by atoms with Crippen LogP contribution >= 0.6 is 11.8 Å². The fourth-order valence-electron chi connectivity index (χ4n) is 3.70. The van der Waals surface area contributed by atoms with E-state index in [-0.39, 0.29) is 6.61 Å². The highest BCUT2D eigenvalue weighted by Gasteiger charge is 2.22. The van der Waals surface area contributed by atoms with E-state index in [9.17, 15) is 4.79 Å². The van der Waals surface area contributed by atoms with Crippen LogP contribution in [-0.2, 0) is 11.2 Å². The Balaban J connectivity index is 1.70. The number of hydrogen-bond acceptors (Lipinski definition) is 6. The Bertz CT molecular complexity index is 1440. The van der Waals surface area contributed by atoms with Crippen LogP contribution in [0.2, 0.25) is 0 Å². The predicted molar refractivity (Wildman–Crippen MR) is 136 cm³/mol. The van der Waals surface area contributed by atoms with Gasteiger partial charge in [0.1, 0.15) is 10.7 Å². The second-order valence-corrected chi connectivity index (χ2v) is 8.78. The highest BCUT2D eigenvalue weighted by atomic mass is 32.2. The fraction of sp³-hybridized carbons (Fsp3) is 0.107. The number of aromatic nitrogens is 3. The number of carbonyl (C=O) groups excluding carboxylic acids is 1. The summed E-state index contributed by atoms with van der Waals surface area (Å²) in [7, 11) is 0. The third kappa shape index (κ3) is 5.20. The fourth-order valence-corrected chi connectivity index (χ4v) is 4.60. The molecule has 174 valence electrons. The molecule has 5 rings (SSSR count). The molecule has 0 aliphatic carbocycles. The second-order valence-electron chi connectivity index (χ2n) is 7.72. The molecule has 2 aromatic heterocycles. The molecule has 0 saturated heterocycles. The molecule has 0 radical (unpaired) electrons. The Labute approximate surface area is 207 Å². The van der Waals surface area contributed by atoms with Crippen molar-refractivity contribution >= 4 is 23.6 Å². The zero-order chi connectivity index (χ0) is 24.0. The van der Waals surface area contributed by atoms with E-state index < -0.39 is 6.16 Å². The zero-order valence-corrected chi connectivity index (χ0v) is 19.9. The summed E-state index contributed by atoms with van der Waals surface area (Å²) in [5, 5.41) is 0.713. The molecular weight excluding hydrogens is 458 g/mol. The van der Waals surface area contributed by atoms with Gasteiger partial charge in [0, 0.05) is 23.1 Å². The van der Waals surface area contributed by atoms with Crippen molar-refractivity contribution in [3.05, 3.63) is 108 Å². The number of nitrogens with zero attached hydrogens (tertiary/aromatic N) is 3. The molecule has 0 bridgehead atoms. The number of rotatable bonds is 7.